The summed E-state index contributed by atoms with van der Waals surface area (Å²) in [6.45, 7) is 3.32. The largest absolute Gasteiger partial charge is 0.487 e. The third-order valence-corrected chi connectivity index (χ3v) is 10.4. The molecule has 1 amide bonds. The second-order valence-corrected chi connectivity index (χ2v) is 13.2. The van der Waals surface area contributed by atoms with Crippen LogP contribution in [0.3, 0.4) is 0 Å². The molecule has 0 radical (unpaired) electrons. The first-order valence-corrected chi connectivity index (χ1v) is 16.2. The Balaban J connectivity index is 1.42. The molecular weight excluding hydrogens is 611 g/mol. The van der Waals surface area contributed by atoms with E-state index in [1.807, 2.05) is 42.9 Å². The molecule has 1 aliphatic rings. The molecule has 0 aliphatic carbocycles. The number of ether oxygens (including phenoxy) is 1. The van der Waals surface area contributed by atoms with E-state index in [9.17, 15) is 13.2 Å². The van der Waals surface area contributed by atoms with E-state index in [0.29, 0.717) is 36.2 Å². The van der Waals surface area contributed by atoms with Crippen LogP contribution in [-0.4, -0.2) is 77.8 Å². The summed E-state index contributed by atoms with van der Waals surface area (Å²) in [5, 5.41) is 4.15. The highest BCUT2D eigenvalue weighted by Crippen LogP contribution is 2.37. The number of nitrogens with zero attached hydrogens (tertiary/aromatic N) is 5. The molecule has 0 unspecified atom stereocenters. The highest BCUT2D eigenvalue weighted by molar-refractivity contribution is 7.89. The van der Waals surface area contributed by atoms with Crippen LogP contribution in [0.2, 0.25) is 10.0 Å². The van der Waals surface area contributed by atoms with E-state index in [1.165, 1.54) is 16.4 Å². The number of carbonyl (C=O) groups is 1. The molecule has 1 fully saturated rings. The smallest absolute Gasteiger partial charge is 0.245 e. The van der Waals surface area contributed by atoms with E-state index in [-0.39, 0.29) is 34.0 Å². The van der Waals surface area contributed by atoms with Crippen molar-refractivity contribution in [3.63, 3.8) is 0 Å². The topological polar surface area (TPSA) is 110 Å². The normalized spacial score (nSPS) is 15.7. The number of nitrogens with one attached hydrogen (secondary N) is 1. The average molecular weight is 646 g/mol. The molecule has 1 N–H and O–H groups in total. The monoisotopic (exact) mass is 644 g/mol. The quantitative estimate of drug-likeness (QED) is 0.233. The Kier molecular flexibility index (Phi) is 9.57. The first-order valence-electron chi connectivity index (χ1n) is 14.0. The van der Waals surface area contributed by atoms with Crippen molar-refractivity contribution in [3.05, 3.63) is 76.4 Å². The second kappa shape index (κ2) is 13.2. The second-order valence-electron chi connectivity index (χ2n) is 10.5. The van der Waals surface area contributed by atoms with Crippen molar-refractivity contribution in [2.45, 2.75) is 43.7 Å². The number of fused-ring (bicyclic) bond motifs is 1. The summed E-state index contributed by atoms with van der Waals surface area (Å²) in [6.07, 6.45) is 7.07. The van der Waals surface area contributed by atoms with Gasteiger partial charge in [-0.15, -0.1) is 0 Å². The van der Waals surface area contributed by atoms with Crippen molar-refractivity contribution in [1.29, 1.82) is 0 Å². The molecule has 228 valence electrons. The number of amides is 1. The molecule has 4 aromatic rings. The van der Waals surface area contributed by atoms with Gasteiger partial charge in [0.25, 0.3) is 0 Å². The number of hydrogen-bond donors (Lipinski definition) is 1. The summed E-state index contributed by atoms with van der Waals surface area (Å²) in [4.78, 5) is 23.6. The minimum absolute atomic E-state index is 0.0311. The summed E-state index contributed by atoms with van der Waals surface area (Å²) in [6, 6.07) is 9.67. The van der Waals surface area contributed by atoms with Crippen LogP contribution in [0, 0.1) is 6.92 Å². The SMILES string of the molecule is CNCCCN(C)C(=O)[C@@H]1CCCN1S(=O)(=O)c1ccc(Cl)c(COc2cccc3c(-n4ccnc4)cc(C)nc23)c1Cl. The summed E-state index contributed by atoms with van der Waals surface area (Å²) in [5.41, 5.74) is 2.66. The van der Waals surface area contributed by atoms with E-state index >= 15 is 0 Å². The third kappa shape index (κ3) is 6.37. The van der Waals surface area contributed by atoms with Crippen LogP contribution in [0.1, 0.15) is 30.5 Å². The van der Waals surface area contributed by atoms with E-state index < -0.39 is 16.1 Å². The number of halogens is 2. The number of para-hydroxylation sites is 1. The first kappa shape index (κ1) is 31.2. The van der Waals surface area contributed by atoms with Crippen LogP contribution in [0.25, 0.3) is 16.6 Å². The van der Waals surface area contributed by atoms with Gasteiger partial charge in [-0.2, -0.15) is 4.31 Å². The van der Waals surface area contributed by atoms with Crippen LogP contribution in [0.15, 0.2) is 60.0 Å². The molecule has 0 bridgehead atoms. The van der Waals surface area contributed by atoms with Gasteiger partial charge in [-0.05, 0) is 64.0 Å². The van der Waals surface area contributed by atoms with Gasteiger partial charge >= 0.3 is 0 Å². The fraction of sp³-hybridized carbons (Fsp3) is 0.367. The molecule has 13 heteroatoms. The predicted octanol–water partition coefficient (Wildman–Crippen LogP) is 4.84. The summed E-state index contributed by atoms with van der Waals surface area (Å²) >= 11 is 13.3. The maximum Gasteiger partial charge on any atom is 0.245 e. The summed E-state index contributed by atoms with van der Waals surface area (Å²) < 4.78 is 37.2. The molecule has 1 saturated heterocycles. The zero-order valence-corrected chi connectivity index (χ0v) is 26.6. The molecule has 0 spiro atoms. The lowest BCUT2D eigenvalue weighted by Gasteiger charge is -2.28. The van der Waals surface area contributed by atoms with Crippen molar-refractivity contribution in [2.75, 3.05) is 33.7 Å². The van der Waals surface area contributed by atoms with Crippen LogP contribution in [0.5, 0.6) is 5.75 Å². The molecule has 3 heterocycles. The van der Waals surface area contributed by atoms with Crippen LogP contribution >= 0.6 is 23.2 Å². The van der Waals surface area contributed by atoms with Crippen LogP contribution in [-0.2, 0) is 21.4 Å². The van der Waals surface area contributed by atoms with Crippen molar-refractivity contribution in [3.8, 4) is 11.4 Å². The molecule has 0 saturated carbocycles. The first-order chi connectivity index (χ1) is 20.6. The van der Waals surface area contributed by atoms with Gasteiger partial charge in [0.05, 0.1) is 17.0 Å². The van der Waals surface area contributed by atoms with Crippen molar-refractivity contribution in [2.24, 2.45) is 0 Å². The van der Waals surface area contributed by atoms with E-state index in [2.05, 4.69) is 10.3 Å². The number of pyridine rings is 1. The summed E-state index contributed by atoms with van der Waals surface area (Å²) in [7, 11) is -0.559. The Hall–Kier alpha value is -3.22. The molecule has 10 nitrogen and oxygen atoms in total. The van der Waals surface area contributed by atoms with Gasteiger partial charge in [-0.3, -0.25) is 4.79 Å². The Bertz CT molecular complexity index is 1730. The van der Waals surface area contributed by atoms with Gasteiger partial charge in [0.2, 0.25) is 15.9 Å². The highest BCUT2D eigenvalue weighted by atomic mass is 35.5. The Labute approximate surface area is 261 Å². The molecule has 5 rings (SSSR count). The van der Waals surface area contributed by atoms with Crippen molar-refractivity contribution in [1.82, 2.24) is 29.1 Å². The van der Waals surface area contributed by atoms with Gasteiger partial charge in [0.1, 0.15) is 28.8 Å². The van der Waals surface area contributed by atoms with Gasteiger partial charge in [0, 0.05) is 54.2 Å². The number of aryl methyl sites for hydroxylation is 1. The van der Waals surface area contributed by atoms with Crippen LogP contribution in [0.4, 0.5) is 0 Å². The van der Waals surface area contributed by atoms with Crippen LogP contribution < -0.4 is 10.1 Å². The highest BCUT2D eigenvalue weighted by Gasteiger charge is 2.41. The van der Waals surface area contributed by atoms with Gasteiger partial charge < -0.3 is 19.5 Å². The minimum Gasteiger partial charge on any atom is -0.487 e. The Morgan fingerprint density at radius 2 is 2.05 bits per heavy atom. The van der Waals surface area contributed by atoms with E-state index in [4.69, 9.17) is 32.9 Å². The molecule has 43 heavy (non-hydrogen) atoms. The maximum atomic E-state index is 13.9. The molecule has 1 aliphatic heterocycles. The van der Waals surface area contributed by atoms with E-state index in [1.54, 1.807) is 30.5 Å². The van der Waals surface area contributed by atoms with Crippen molar-refractivity contribution >= 4 is 50.0 Å². The number of sulfonamides is 1. The fourth-order valence-electron chi connectivity index (χ4n) is 5.38. The lowest BCUT2D eigenvalue weighted by atomic mass is 10.1. The number of aromatic nitrogens is 3. The number of hydrogen-bond acceptors (Lipinski definition) is 7. The molecule has 1 atom stereocenters. The minimum atomic E-state index is -4.11. The average Bonchev–Trinajstić information content (AvgIpc) is 3.70. The molecule has 2 aromatic carbocycles. The molecular formula is C30H34Cl2N6O4S. The maximum absolute atomic E-state index is 13.9. The number of carbonyl (C=O) groups excluding carboxylic acids is 1. The predicted molar refractivity (Wildman–Crippen MR) is 167 cm³/mol. The van der Waals surface area contributed by atoms with Gasteiger partial charge in [-0.1, -0.05) is 35.3 Å². The lowest BCUT2D eigenvalue weighted by Crippen LogP contribution is -2.47. The zero-order chi connectivity index (χ0) is 30.7. The van der Waals surface area contributed by atoms with E-state index in [0.717, 1.165) is 29.7 Å². The van der Waals surface area contributed by atoms with Crippen molar-refractivity contribution < 1.29 is 17.9 Å². The zero-order valence-electron chi connectivity index (χ0n) is 24.3. The number of benzene rings is 2. The van der Waals surface area contributed by atoms with Gasteiger partial charge in [0.15, 0.2) is 0 Å². The fourth-order valence-corrected chi connectivity index (χ4v) is 7.89. The standard InChI is InChI=1S/C30H34Cl2N6O4S/c1-20-17-25(37-16-13-34-19-37)21-7-4-9-26(29(21)35-20)42-18-22-23(31)10-11-27(28(22)32)43(40,41)38-15-5-8-24(38)30(39)36(3)14-6-12-33-2/h4,7,9-11,13,16-17,19,24,33H,5-6,8,12,14-15,18H2,1-3H3/t24-/m0/s1. The Morgan fingerprint density at radius 3 is 2.79 bits per heavy atom. The number of rotatable bonds is 11. The number of likely N-dealkylation sites (N-methyl/N-ethyl adjacent to an activating group) is 1. The lowest BCUT2D eigenvalue weighted by molar-refractivity contribution is -0.133. The Morgan fingerprint density at radius 1 is 1.23 bits per heavy atom. The summed E-state index contributed by atoms with van der Waals surface area (Å²) in [5.74, 6) is 0.272. The van der Waals surface area contributed by atoms with Gasteiger partial charge in [-0.25, -0.2) is 18.4 Å². The number of imidazole rings is 1. The third-order valence-electron chi connectivity index (χ3n) is 7.59. The molecule has 2 aromatic heterocycles.